The highest BCUT2D eigenvalue weighted by molar-refractivity contribution is 5.80. The smallest absolute Gasteiger partial charge is 0.227 e. The molecule has 3 fully saturated rings. The van der Waals surface area contributed by atoms with E-state index in [2.05, 4.69) is 32.8 Å². The molecule has 3 heterocycles. The van der Waals surface area contributed by atoms with E-state index >= 15 is 0 Å². The second kappa shape index (κ2) is 6.10. The van der Waals surface area contributed by atoms with Crippen LogP contribution in [0.1, 0.15) is 38.3 Å². The SMILES string of the molecule is CCc1cc(N2CCC(C(=O)N3CC4CCCC4C3)C2)ncn1. The molecule has 3 aliphatic rings. The van der Waals surface area contributed by atoms with Gasteiger partial charge in [-0.15, -0.1) is 0 Å². The van der Waals surface area contributed by atoms with Crippen LogP contribution < -0.4 is 4.90 Å². The number of carbonyl (C=O) groups is 1. The summed E-state index contributed by atoms with van der Waals surface area (Å²) in [4.78, 5) is 25.9. The number of rotatable bonds is 3. The van der Waals surface area contributed by atoms with Gasteiger partial charge in [0.2, 0.25) is 5.91 Å². The number of hydrogen-bond acceptors (Lipinski definition) is 4. The summed E-state index contributed by atoms with van der Waals surface area (Å²) < 4.78 is 0. The van der Waals surface area contributed by atoms with Crippen molar-refractivity contribution in [2.75, 3.05) is 31.1 Å². The summed E-state index contributed by atoms with van der Waals surface area (Å²) >= 11 is 0. The van der Waals surface area contributed by atoms with Gasteiger partial charge in [0, 0.05) is 37.9 Å². The lowest BCUT2D eigenvalue weighted by Crippen LogP contribution is -2.36. The lowest BCUT2D eigenvalue weighted by molar-refractivity contribution is -0.134. The number of hydrogen-bond donors (Lipinski definition) is 0. The number of anilines is 1. The summed E-state index contributed by atoms with van der Waals surface area (Å²) in [5.41, 5.74) is 1.07. The van der Waals surface area contributed by atoms with Gasteiger partial charge in [0.05, 0.1) is 5.92 Å². The van der Waals surface area contributed by atoms with Crippen LogP contribution >= 0.6 is 0 Å². The lowest BCUT2D eigenvalue weighted by atomic mass is 10.0. The monoisotopic (exact) mass is 314 g/mol. The molecule has 124 valence electrons. The third-order valence-corrected chi connectivity index (χ3v) is 5.97. The van der Waals surface area contributed by atoms with Crippen molar-refractivity contribution in [1.82, 2.24) is 14.9 Å². The molecule has 0 bridgehead atoms. The normalized spacial score (nSPS) is 30.0. The van der Waals surface area contributed by atoms with Crippen LogP contribution in [0.25, 0.3) is 0 Å². The predicted octanol–water partition coefficient (Wildman–Crippen LogP) is 2.12. The van der Waals surface area contributed by atoms with Crippen molar-refractivity contribution < 1.29 is 4.79 Å². The average Bonchev–Trinajstić information content (AvgIpc) is 3.29. The van der Waals surface area contributed by atoms with Gasteiger partial charge >= 0.3 is 0 Å². The molecule has 5 nitrogen and oxygen atoms in total. The number of carbonyl (C=O) groups excluding carboxylic acids is 1. The minimum atomic E-state index is 0.147. The third kappa shape index (κ3) is 2.81. The van der Waals surface area contributed by atoms with E-state index in [1.165, 1.54) is 19.3 Å². The molecule has 0 N–H and O–H groups in total. The number of amides is 1. The fourth-order valence-corrected chi connectivity index (χ4v) is 4.60. The van der Waals surface area contributed by atoms with Crippen LogP contribution in [-0.4, -0.2) is 47.0 Å². The fraction of sp³-hybridized carbons (Fsp3) is 0.722. The first-order valence-corrected chi connectivity index (χ1v) is 9.09. The van der Waals surface area contributed by atoms with Gasteiger partial charge in [-0.25, -0.2) is 9.97 Å². The van der Waals surface area contributed by atoms with Gasteiger partial charge in [-0.1, -0.05) is 13.3 Å². The van der Waals surface area contributed by atoms with Crippen molar-refractivity contribution in [2.24, 2.45) is 17.8 Å². The van der Waals surface area contributed by atoms with Crippen LogP contribution in [0.5, 0.6) is 0 Å². The van der Waals surface area contributed by atoms with Gasteiger partial charge in [0.15, 0.2) is 0 Å². The van der Waals surface area contributed by atoms with Crippen LogP contribution in [0.15, 0.2) is 12.4 Å². The summed E-state index contributed by atoms with van der Waals surface area (Å²) in [6.07, 6.45) is 7.53. The number of nitrogens with zero attached hydrogens (tertiary/aromatic N) is 4. The van der Waals surface area contributed by atoms with Crippen LogP contribution in [0.4, 0.5) is 5.82 Å². The van der Waals surface area contributed by atoms with E-state index in [1.54, 1.807) is 6.33 Å². The first-order valence-electron chi connectivity index (χ1n) is 9.09. The number of fused-ring (bicyclic) bond motifs is 1. The summed E-state index contributed by atoms with van der Waals surface area (Å²) in [6.45, 7) is 5.86. The molecule has 2 saturated heterocycles. The van der Waals surface area contributed by atoms with Crippen LogP contribution in [0.2, 0.25) is 0 Å². The Balaban J connectivity index is 1.39. The number of aryl methyl sites for hydroxylation is 1. The molecule has 2 aliphatic heterocycles. The van der Waals surface area contributed by atoms with Crippen LogP contribution in [-0.2, 0) is 11.2 Å². The Bertz CT molecular complexity index is 578. The molecule has 1 saturated carbocycles. The Labute approximate surface area is 138 Å². The van der Waals surface area contributed by atoms with E-state index in [4.69, 9.17) is 0 Å². The first kappa shape index (κ1) is 14.9. The van der Waals surface area contributed by atoms with E-state index in [0.717, 1.165) is 62.4 Å². The zero-order valence-electron chi connectivity index (χ0n) is 13.9. The molecular formula is C18H26N4O. The van der Waals surface area contributed by atoms with Gasteiger partial charge in [-0.3, -0.25) is 4.79 Å². The maximum absolute atomic E-state index is 12.8. The summed E-state index contributed by atoms with van der Waals surface area (Å²) in [5.74, 6) is 3.07. The molecule has 0 aromatic carbocycles. The second-order valence-electron chi connectivity index (χ2n) is 7.35. The van der Waals surface area contributed by atoms with Gasteiger partial charge < -0.3 is 9.80 Å². The van der Waals surface area contributed by atoms with E-state index in [9.17, 15) is 4.79 Å². The van der Waals surface area contributed by atoms with Gasteiger partial charge in [0.1, 0.15) is 12.1 Å². The third-order valence-electron chi connectivity index (χ3n) is 5.97. The zero-order chi connectivity index (χ0) is 15.8. The quantitative estimate of drug-likeness (QED) is 0.857. The van der Waals surface area contributed by atoms with Gasteiger partial charge in [-0.2, -0.15) is 0 Å². The van der Waals surface area contributed by atoms with Crippen molar-refractivity contribution in [3.63, 3.8) is 0 Å². The summed E-state index contributed by atoms with van der Waals surface area (Å²) in [7, 11) is 0. The molecule has 1 aromatic heterocycles. The second-order valence-corrected chi connectivity index (χ2v) is 7.35. The van der Waals surface area contributed by atoms with Gasteiger partial charge in [0.25, 0.3) is 0 Å². The van der Waals surface area contributed by atoms with Crippen molar-refractivity contribution in [1.29, 1.82) is 0 Å². The van der Waals surface area contributed by atoms with Crippen molar-refractivity contribution >= 4 is 11.7 Å². The Hall–Kier alpha value is -1.65. The largest absolute Gasteiger partial charge is 0.356 e. The maximum atomic E-state index is 12.8. The Kier molecular flexibility index (Phi) is 3.95. The topological polar surface area (TPSA) is 49.3 Å². The molecule has 1 aliphatic carbocycles. The average molecular weight is 314 g/mol. The highest BCUT2D eigenvalue weighted by Gasteiger charge is 2.41. The van der Waals surface area contributed by atoms with Crippen LogP contribution in [0, 0.1) is 17.8 Å². The number of likely N-dealkylation sites (tertiary alicyclic amines) is 1. The Morgan fingerprint density at radius 2 is 1.96 bits per heavy atom. The molecule has 1 aromatic rings. The predicted molar refractivity (Wildman–Crippen MR) is 89.1 cm³/mol. The van der Waals surface area contributed by atoms with Crippen molar-refractivity contribution in [3.05, 3.63) is 18.1 Å². The molecular weight excluding hydrogens is 288 g/mol. The lowest BCUT2D eigenvalue weighted by Gasteiger charge is -2.22. The molecule has 3 unspecified atom stereocenters. The molecule has 0 spiro atoms. The summed E-state index contributed by atoms with van der Waals surface area (Å²) in [6, 6.07) is 2.06. The van der Waals surface area contributed by atoms with Crippen molar-refractivity contribution in [3.8, 4) is 0 Å². The fourth-order valence-electron chi connectivity index (χ4n) is 4.60. The maximum Gasteiger partial charge on any atom is 0.227 e. The first-order chi connectivity index (χ1) is 11.2. The Morgan fingerprint density at radius 1 is 1.17 bits per heavy atom. The van der Waals surface area contributed by atoms with Crippen molar-refractivity contribution in [2.45, 2.75) is 39.0 Å². The standard InChI is InChI=1S/C18H26N4O/c1-2-16-8-17(20-12-19-16)21-7-6-15(11-21)18(23)22-9-13-4-3-5-14(13)10-22/h8,12-15H,2-7,9-11H2,1H3. The van der Waals surface area contributed by atoms with E-state index in [0.29, 0.717) is 5.91 Å². The highest BCUT2D eigenvalue weighted by Crippen LogP contribution is 2.38. The molecule has 5 heteroatoms. The molecule has 23 heavy (non-hydrogen) atoms. The van der Waals surface area contributed by atoms with E-state index in [1.807, 2.05) is 0 Å². The molecule has 0 radical (unpaired) electrons. The highest BCUT2D eigenvalue weighted by atomic mass is 16.2. The van der Waals surface area contributed by atoms with Crippen LogP contribution in [0.3, 0.4) is 0 Å². The minimum absolute atomic E-state index is 0.147. The summed E-state index contributed by atoms with van der Waals surface area (Å²) in [5, 5.41) is 0. The Morgan fingerprint density at radius 3 is 2.70 bits per heavy atom. The molecule has 1 amide bonds. The molecule has 3 atom stereocenters. The number of aromatic nitrogens is 2. The molecule has 4 rings (SSSR count). The minimum Gasteiger partial charge on any atom is -0.356 e. The zero-order valence-corrected chi connectivity index (χ0v) is 13.9. The van der Waals surface area contributed by atoms with Gasteiger partial charge in [-0.05, 0) is 37.5 Å². The van der Waals surface area contributed by atoms with E-state index in [-0.39, 0.29) is 5.92 Å². The van der Waals surface area contributed by atoms with E-state index < -0.39 is 0 Å².